The molecule has 0 amide bonds. The monoisotopic (exact) mass is 290 g/mol. The van der Waals surface area contributed by atoms with Crippen LogP contribution in [0.2, 0.25) is 0 Å². The molecule has 15 heavy (non-hydrogen) atoms. The molecule has 0 aliphatic rings. The topological polar surface area (TPSA) is 17.1 Å². The highest BCUT2D eigenvalue weighted by Crippen LogP contribution is 2.12. The van der Waals surface area contributed by atoms with Crippen LogP contribution in [0.4, 0.5) is 0 Å². The summed E-state index contributed by atoms with van der Waals surface area (Å²) in [6, 6.07) is 7.38. The van der Waals surface area contributed by atoms with Crippen molar-refractivity contribution in [1.82, 2.24) is 0 Å². The summed E-state index contributed by atoms with van der Waals surface area (Å²) >= 11 is 8.81. The van der Waals surface area contributed by atoms with E-state index in [-0.39, 0.29) is 5.78 Å². The van der Waals surface area contributed by atoms with E-state index < -0.39 is 0 Å². The fourth-order valence-corrected chi connectivity index (χ4v) is 1.41. The molecule has 84 valence electrons. The number of halogens is 2. The summed E-state index contributed by atoms with van der Waals surface area (Å²) in [5.74, 6) is 0.704. The SMILES string of the molecule is CC.O=C(CCCCl)c1ccc(Br)cc1. The number of ketones is 1. The van der Waals surface area contributed by atoms with Crippen LogP contribution in [0.15, 0.2) is 28.7 Å². The van der Waals surface area contributed by atoms with Crippen LogP contribution in [0.5, 0.6) is 0 Å². The molecule has 0 aliphatic heterocycles. The summed E-state index contributed by atoms with van der Waals surface area (Å²) in [4.78, 5) is 11.4. The lowest BCUT2D eigenvalue weighted by Gasteiger charge is -1.98. The van der Waals surface area contributed by atoms with Crippen LogP contribution in [0.3, 0.4) is 0 Å². The maximum atomic E-state index is 11.4. The van der Waals surface area contributed by atoms with E-state index in [1.807, 2.05) is 38.1 Å². The van der Waals surface area contributed by atoms with Gasteiger partial charge in [-0.1, -0.05) is 41.9 Å². The van der Waals surface area contributed by atoms with Crippen LogP contribution in [0.1, 0.15) is 37.0 Å². The summed E-state index contributed by atoms with van der Waals surface area (Å²) in [6.07, 6.45) is 1.28. The number of carbonyl (C=O) groups is 1. The average Bonchev–Trinajstić information content (AvgIpc) is 2.29. The Hall–Kier alpha value is -0.340. The lowest BCUT2D eigenvalue weighted by atomic mass is 10.1. The van der Waals surface area contributed by atoms with Crippen molar-refractivity contribution in [3.8, 4) is 0 Å². The molecule has 0 bridgehead atoms. The molecule has 0 unspecified atom stereocenters. The molecular weight excluding hydrogens is 275 g/mol. The molecule has 0 fully saturated rings. The predicted molar refractivity (Wildman–Crippen MR) is 69.8 cm³/mol. The second-order valence-corrected chi connectivity index (χ2v) is 4.02. The molecule has 0 radical (unpaired) electrons. The van der Waals surface area contributed by atoms with E-state index >= 15 is 0 Å². The molecule has 0 spiro atoms. The van der Waals surface area contributed by atoms with E-state index in [1.54, 1.807) is 0 Å². The van der Waals surface area contributed by atoms with Crippen molar-refractivity contribution in [2.24, 2.45) is 0 Å². The molecule has 0 saturated carbocycles. The van der Waals surface area contributed by atoms with Crippen LogP contribution < -0.4 is 0 Å². The number of hydrogen-bond acceptors (Lipinski definition) is 1. The fraction of sp³-hybridized carbons (Fsp3) is 0.417. The smallest absolute Gasteiger partial charge is 0.162 e. The molecule has 0 aromatic heterocycles. The zero-order chi connectivity index (χ0) is 11.7. The second kappa shape index (κ2) is 8.93. The lowest BCUT2D eigenvalue weighted by molar-refractivity contribution is 0.0982. The minimum Gasteiger partial charge on any atom is -0.294 e. The van der Waals surface area contributed by atoms with Crippen LogP contribution in [-0.2, 0) is 0 Å². The third kappa shape index (κ3) is 5.95. The Kier molecular flexibility index (Phi) is 8.73. The molecule has 0 aliphatic carbocycles. The molecule has 0 saturated heterocycles. The average molecular weight is 292 g/mol. The van der Waals surface area contributed by atoms with E-state index in [1.165, 1.54) is 0 Å². The number of hydrogen-bond donors (Lipinski definition) is 0. The number of carbonyl (C=O) groups excluding carboxylic acids is 1. The predicted octanol–water partition coefficient (Wildman–Crippen LogP) is 4.68. The van der Waals surface area contributed by atoms with Gasteiger partial charge in [-0.25, -0.2) is 0 Å². The van der Waals surface area contributed by atoms with E-state index in [0.29, 0.717) is 12.3 Å². The Labute approximate surface area is 105 Å². The quantitative estimate of drug-likeness (QED) is 0.581. The molecule has 0 N–H and O–H groups in total. The van der Waals surface area contributed by atoms with E-state index in [0.717, 1.165) is 16.5 Å². The van der Waals surface area contributed by atoms with Crippen molar-refractivity contribution in [1.29, 1.82) is 0 Å². The fourth-order valence-electron chi connectivity index (χ4n) is 1.01. The molecular formula is C12H16BrClO. The van der Waals surface area contributed by atoms with Gasteiger partial charge in [0.25, 0.3) is 0 Å². The first-order valence-corrected chi connectivity index (χ1v) is 6.41. The zero-order valence-electron chi connectivity index (χ0n) is 9.09. The minimum absolute atomic E-state index is 0.160. The van der Waals surface area contributed by atoms with Gasteiger partial charge in [0.05, 0.1) is 0 Å². The minimum atomic E-state index is 0.160. The number of Topliss-reactive ketones (excluding diaryl/α,β-unsaturated/α-hetero) is 1. The van der Waals surface area contributed by atoms with Gasteiger partial charge < -0.3 is 0 Å². The third-order valence-corrected chi connectivity index (χ3v) is 2.50. The van der Waals surface area contributed by atoms with Gasteiger partial charge in [0, 0.05) is 22.3 Å². The Morgan fingerprint density at radius 2 is 1.80 bits per heavy atom. The Morgan fingerprint density at radius 3 is 2.27 bits per heavy atom. The molecule has 1 aromatic carbocycles. The normalized spacial score (nSPS) is 9.07. The first kappa shape index (κ1) is 14.7. The van der Waals surface area contributed by atoms with Gasteiger partial charge >= 0.3 is 0 Å². The number of rotatable bonds is 4. The molecule has 1 aromatic rings. The van der Waals surface area contributed by atoms with E-state index in [2.05, 4.69) is 15.9 Å². The Bertz CT molecular complexity index is 282. The van der Waals surface area contributed by atoms with Gasteiger partial charge in [0.15, 0.2) is 5.78 Å². The van der Waals surface area contributed by atoms with Crippen LogP contribution >= 0.6 is 27.5 Å². The molecule has 3 heteroatoms. The van der Waals surface area contributed by atoms with Gasteiger partial charge in [-0.15, -0.1) is 11.6 Å². The summed E-state index contributed by atoms with van der Waals surface area (Å²) < 4.78 is 0.987. The number of benzene rings is 1. The highest BCUT2D eigenvalue weighted by atomic mass is 79.9. The molecule has 1 nitrogen and oxygen atoms in total. The Morgan fingerprint density at radius 1 is 1.27 bits per heavy atom. The molecule has 0 atom stereocenters. The molecule has 1 rings (SSSR count). The summed E-state index contributed by atoms with van der Waals surface area (Å²) in [5, 5.41) is 0. The second-order valence-electron chi connectivity index (χ2n) is 2.72. The van der Waals surface area contributed by atoms with Crippen LogP contribution in [-0.4, -0.2) is 11.7 Å². The maximum Gasteiger partial charge on any atom is 0.162 e. The van der Waals surface area contributed by atoms with Crippen molar-refractivity contribution in [3.05, 3.63) is 34.3 Å². The van der Waals surface area contributed by atoms with Crippen LogP contribution in [0, 0.1) is 0 Å². The highest BCUT2D eigenvalue weighted by molar-refractivity contribution is 9.10. The largest absolute Gasteiger partial charge is 0.294 e. The van der Waals surface area contributed by atoms with Crippen molar-refractivity contribution in [2.75, 3.05) is 5.88 Å². The van der Waals surface area contributed by atoms with Gasteiger partial charge in [-0.3, -0.25) is 4.79 Å². The third-order valence-electron chi connectivity index (χ3n) is 1.70. The van der Waals surface area contributed by atoms with Crippen molar-refractivity contribution >= 4 is 33.3 Å². The highest BCUT2D eigenvalue weighted by Gasteiger charge is 2.03. The Balaban J connectivity index is 0.000000921. The van der Waals surface area contributed by atoms with Gasteiger partial charge in [0.2, 0.25) is 0 Å². The summed E-state index contributed by atoms with van der Waals surface area (Å²) in [5.41, 5.74) is 0.758. The van der Waals surface area contributed by atoms with Crippen molar-refractivity contribution < 1.29 is 4.79 Å². The summed E-state index contributed by atoms with van der Waals surface area (Å²) in [6.45, 7) is 4.00. The van der Waals surface area contributed by atoms with Gasteiger partial charge in [0.1, 0.15) is 0 Å². The number of alkyl halides is 1. The van der Waals surface area contributed by atoms with Crippen LogP contribution in [0.25, 0.3) is 0 Å². The van der Waals surface area contributed by atoms with Gasteiger partial charge in [-0.05, 0) is 18.6 Å². The maximum absolute atomic E-state index is 11.4. The summed E-state index contributed by atoms with van der Waals surface area (Å²) in [7, 11) is 0. The molecule has 0 heterocycles. The zero-order valence-corrected chi connectivity index (χ0v) is 11.4. The standard InChI is InChI=1S/C10H10BrClO.C2H6/c11-9-5-3-8(4-6-9)10(13)2-1-7-12;1-2/h3-6H,1-2,7H2;1-2H3. The lowest BCUT2D eigenvalue weighted by Crippen LogP contribution is -1.98. The first-order valence-electron chi connectivity index (χ1n) is 5.09. The van der Waals surface area contributed by atoms with Crippen molar-refractivity contribution in [3.63, 3.8) is 0 Å². The van der Waals surface area contributed by atoms with E-state index in [9.17, 15) is 4.79 Å². The van der Waals surface area contributed by atoms with Gasteiger partial charge in [-0.2, -0.15) is 0 Å². The van der Waals surface area contributed by atoms with Crippen molar-refractivity contribution in [2.45, 2.75) is 26.7 Å². The van der Waals surface area contributed by atoms with E-state index in [4.69, 9.17) is 11.6 Å². The first-order chi connectivity index (χ1) is 7.24.